The van der Waals surface area contributed by atoms with Gasteiger partial charge in [-0.05, 0) is 24.2 Å². The van der Waals surface area contributed by atoms with Gasteiger partial charge in [-0.15, -0.1) is 11.3 Å². The molecule has 1 nitrogen and oxygen atoms in total. The first kappa shape index (κ1) is 10.4. The second kappa shape index (κ2) is 5.10. The van der Waals surface area contributed by atoms with Crippen LogP contribution in [0.1, 0.15) is 11.8 Å². The summed E-state index contributed by atoms with van der Waals surface area (Å²) in [6, 6.07) is 14.9. The van der Waals surface area contributed by atoms with Gasteiger partial charge in [-0.3, -0.25) is 0 Å². The summed E-state index contributed by atoms with van der Waals surface area (Å²) in [6.07, 6.45) is 0. The Kier molecular flexibility index (Phi) is 3.54. The number of nitrogens with one attached hydrogen (secondary N) is 1. The Morgan fingerprint density at radius 1 is 1.07 bits per heavy atom. The average molecular weight is 217 g/mol. The first-order chi connectivity index (χ1) is 7.40. The van der Waals surface area contributed by atoms with E-state index in [1.54, 1.807) is 0 Å². The monoisotopic (exact) mass is 217 g/mol. The zero-order chi connectivity index (χ0) is 10.5. The van der Waals surface area contributed by atoms with Crippen LogP contribution in [-0.2, 0) is 6.54 Å². The fraction of sp³-hybridized carbons (Fsp3) is 0.231. The molecule has 0 radical (unpaired) electrons. The maximum Gasteiger partial charge on any atom is 0.0346 e. The van der Waals surface area contributed by atoms with E-state index in [4.69, 9.17) is 0 Å². The molecular weight excluding hydrogens is 202 g/mol. The molecule has 0 fully saturated rings. The fourth-order valence-electron chi connectivity index (χ4n) is 1.48. The van der Waals surface area contributed by atoms with E-state index in [-0.39, 0.29) is 0 Å². The third kappa shape index (κ3) is 2.67. The highest BCUT2D eigenvalue weighted by molar-refractivity contribution is 7.15. The average Bonchev–Trinajstić information content (AvgIpc) is 2.76. The lowest BCUT2D eigenvalue weighted by Gasteiger charge is -1.97. The second-order valence-electron chi connectivity index (χ2n) is 3.41. The highest BCUT2D eigenvalue weighted by Crippen LogP contribution is 2.27. The van der Waals surface area contributed by atoms with Gasteiger partial charge in [0.05, 0.1) is 0 Å². The Balaban J connectivity index is 2.14. The molecule has 2 heteroatoms. The summed E-state index contributed by atoms with van der Waals surface area (Å²) in [6.45, 7) is 4.14. The summed E-state index contributed by atoms with van der Waals surface area (Å²) in [5.41, 5.74) is 1.31. The first-order valence-corrected chi connectivity index (χ1v) is 6.06. The molecule has 2 aromatic rings. The van der Waals surface area contributed by atoms with Crippen molar-refractivity contribution in [1.82, 2.24) is 5.32 Å². The van der Waals surface area contributed by atoms with Crippen molar-refractivity contribution in [2.75, 3.05) is 6.54 Å². The van der Waals surface area contributed by atoms with Crippen LogP contribution in [0.4, 0.5) is 0 Å². The molecule has 0 atom stereocenters. The van der Waals surface area contributed by atoms with Gasteiger partial charge in [0.25, 0.3) is 0 Å². The topological polar surface area (TPSA) is 12.0 Å². The minimum atomic E-state index is 0.980. The molecule has 2 rings (SSSR count). The Hall–Kier alpha value is -1.12. The van der Waals surface area contributed by atoms with Gasteiger partial charge in [0.1, 0.15) is 0 Å². The second-order valence-corrected chi connectivity index (χ2v) is 4.58. The Bertz CT molecular complexity index is 405. The van der Waals surface area contributed by atoms with E-state index in [0.717, 1.165) is 13.1 Å². The van der Waals surface area contributed by atoms with Crippen LogP contribution < -0.4 is 5.32 Å². The highest BCUT2D eigenvalue weighted by Gasteiger charge is 2.01. The third-order valence-electron chi connectivity index (χ3n) is 2.27. The zero-order valence-corrected chi connectivity index (χ0v) is 9.68. The standard InChI is InChI=1S/C13H15NS/c1-2-14-10-12-8-9-13(15-12)11-6-4-3-5-7-11/h3-9,14H,2,10H2,1H3. The van der Waals surface area contributed by atoms with Gasteiger partial charge < -0.3 is 5.32 Å². The number of benzene rings is 1. The van der Waals surface area contributed by atoms with Crippen molar-refractivity contribution < 1.29 is 0 Å². The van der Waals surface area contributed by atoms with Crippen molar-refractivity contribution in [3.63, 3.8) is 0 Å². The number of thiophene rings is 1. The lowest BCUT2D eigenvalue weighted by Crippen LogP contribution is -2.10. The van der Waals surface area contributed by atoms with Crippen LogP contribution in [0.5, 0.6) is 0 Å². The van der Waals surface area contributed by atoms with Crippen LogP contribution in [0.2, 0.25) is 0 Å². The van der Waals surface area contributed by atoms with Gasteiger partial charge in [-0.25, -0.2) is 0 Å². The van der Waals surface area contributed by atoms with E-state index >= 15 is 0 Å². The van der Waals surface area contributed by atoms with Gasteiger partial charge in [0.15, 0.2) is 0 Å². The van der Waals surface area contributed by atoms with E-state index < -0.39 is 0 Å². The Morgan fingerprint density at radius 3 is 2.60 bits per heavy atom. The first-order valence-electron chi connectivity index (χ1n) is 5.25. The summed E-state index contributed by atoms with van der Waals surface area (Å²) >= 11 is 1.86. The van der Waals surface area contributed by atoms with Crippen LogP contribution in [-0.4, -0.2) is 6.54 Å². The molecule has 0 saturated carbocycles. The third-order valence-corrected chi connectivity index (χ3v) is 3.40. The van der Waals surface area contributed by atoms with E-state index in [9.17, 15) is 0 Å². The van der Waals surface area contributed by atoms with Crippen molar-refractivity contribution in [3.8, 4) is 10.4 Å². The number of hydrogen-bond donors (Lipinski definition) is 1. The SMILES string of the molecule is CCNCc1ccc(-c2ccccc2)s1. The van der Waals surface area contributed by atoms with E-state index in [1.165, 1.54) is 15.3 Å². The summed E-state index contributed by atoms with van der Waals surface area (Å²) in [4.78, 5) is 2.75. The summed E-state index contributed by atoms with van der Waals surface area (Å²) < 4.78 is 0. The smallest absolute Gasteiger partial charge is 0.0346 e. The molecule has 0 saturated heterocycles. The molecule has 0 unspecified atom stereocenters. The van der Waals surface area contributed by atoms with E-state index in [0.29, 0.717) is 0 Å². The normalized spacial score (nSPS) is 10.5. The maximum atomic E-state index is 3.34. The molecule has 0 spiro atoms. The largest absolute Gasteiger partial charge is 0.312 e. The molecule has 0 aliphatic rings. The van der Waals surface area contributed by atoms with Crippen LogP contribution >= 0.6 is 11.3 Å². The quantitative estimate of drug-likeness (QED) is 0.826. The van der Waals surface area contributed by atoms with Crippen molar-refractivity contribution in [2.24, 2.45) is 0 Å². The lowest BCUT2D eigenvalue weighted by molar-refractivity contribution is 0.735. The van der Waals surface area contributed by atoms with Crippen LogP contribution in [0.3, 0.4) is 0 Å². The molecule has 1 aromatic carbocycles. The molecule has 1 heterocycles. The number of hydrogen-bond acceptors (Lipinski definition) is 2. The minimum absolute atomic E-state index is 0.980. The van der Waals surface area contributed by atoms with E-state index in [1.807, 2.05) is 11.3 Å². The molecule has 1 aromatic heterocycles. The summed E-state index contributed by atoms with van der Waals surface area (Å²) in [5.74, 6) is 0. The molecule has 0 aliphatic heterocycles. The minimum Gasteiger partial charge on any atom is -0.312 e. The van der Waals surface area contributed by atoms with E-state index in [2.05, 4.69) is 54.7 Å². The van der Waals surface area contributed by atoms with Crippen LogP contribution in [0.15, 0.2) is 42.5 Å². The predicted octanol–water partition coefficient (Wildman–Crippen LogP) is 3.52. The zero-order valence-electron chi connectivity index (χ0n) is 8.86. The molecular formula is C13H15NS. The molecule has 0 amide bonds. The van der Waals surface area contributed by atoms with Crippen LogP contribution in [0.25, 0.3) is 10.4 Å². The van der Waals surface area contributed by atoms with Gasteiger partial charge in [-0.2, -0.15) is 0 Å². The van der Waals surface area contributed by atoms with Gasteiger partial charge in [0, 0.05) is 16.3 Å². The number of rotatable bonds is 4. The molecule has 15 heavy (non-hydrogen) atoms. The van der Waals surface area contributed by atoms with Gasteiger partial charge in [-0.1, -0.05) is 37.3 Å². The Labute approximate surface area is 94.8 Å². The van der Waals surface area contributed by atoms with Gasteiger partial charge >= 0.3 is 0 Å². The maximum absolute atomic E-state index is 3.34. The van der Waals surface area contributed by atoms with Crippen molar-refractivity contribution >= 4 is 11.3 Å². The fourth-order valence-corrected chi connectivity index (χ4v) is 2.46. The predicted molar refractivity (Wildman–Crippen MR) is 67.1 cm³/mol. The van der Waals surface area contributed by atoms with Crippen LogP contribution in [0, 0.1) is 0 Å². The highest BCUT2D eigenvalue weighted by atomic mass is 32.1. The molecule has 78 valence electrons. The molecule has 1 N–H and O–H groups in total. The molecule has 0 bridgehead atoms. The molecule has 0 aliphatic carbocycles. The summed E-state index contributed by atoms with van der Waals surface area (Å²) in [7, 11) is 0. The van der Waals surface area contributed by atoms with Gasteiger partial charge in [0.2, 0.25) is 0 Å². The lowest BCUT2D eigenvalue weighted by atomic mass is 10.2. The van der Waals surface area contributed by atoms with Crippen molar-refractivity contribution in [2.45, 2.75) is 13.5 Å². The summed E-state index contributed by atoms with van der Waals surface area (Å²) in [5, 5.41) is 3.34. The van der Waals surface area contributed by atoms with Crippen molar-refractivity contribution in [1.29, 1.82) is 0 Å². The Morgan fingerprint density at radius 2 is 1.87 bits per heavy atom. The van der Waals surface area contributed by atoms with Crippen molar-refractivity contribution in [3.05, 3.63) is 47.3 Å².